The predicted molar refractivity (Wildman–Crippen MR) is 102 cm³/mol. The summed E-state index contributed by atoms with van der Waals surface area (Å²) in [6.07, 6.45) is 0. The lowest BCUT2D eigenvalue weighted by molar-refractivity contribution is 0.373. The number of phenolic OH excluding ortho intramolecular Hbond substituents is 1. The van der Waals surface area contributed by atoms with E-state index in [9.17, 15) is 13.5 Å². The van der Waals surface area contributed by atoms with Gasteiger partial charge in [0.25, 0.3) is 0 Å². The monoisotopic (exact) mass is 378 g/mol. The number of ether oxygens (including phenoxy) is 1. The van der Waals surface area contributed by atoms with Gasteiger partial charge >= 0.3 is 0 Å². The highest BCUT2D eigenvalue weighted by Gasteiger charge is 2.24. The van der Waals surface area contributed by atoms with Crippen LogP contribution < -0.4 is 14.8 Å². The average Bonchev–Trinajstić information content (AvgIpc) is 2.53. The molecule has 3 N–H and O–H groups in total. The molecule has 0 aromatic heterocycles. The molecule has 142 valence electrons. The molecule has 0 aliphatic heterocycles. The van der Waals surface area contributed by atoms with Crippen molar-refractivity contribution in [3.63, 3.8) is 0 Å². The Balaban J connectivity index is 2.10. The van der Waals surface area contributed by atoms with Crippen LogP contribution in [-0.2, 0) is 23.1 Å². The van der Waals surface area contributed by atoms with Crippen LogP contribution in [0.5, 0.6) is 11.5 Å². The van der Waals surface area contributed by atoms with Crippen molar-refractivity contribution in [2.45, 2.75) is 44.3 Å². The zero-order chi connectivity index (χ0) is 19.4. The van der Waals surface area contributed by atoms with Gasteiger partial charge in [-0.3, -0.25) is 0 Å². The maximum absolute atomic E-state index is 12.6. The van der Waals surface area contributed by atoms with Gasteiger partial charge in [0.15, 0.2) is 11.5 Å². The third-order valence-corrected chi connectivity index (χ3v) is 5.45. The first kappa shape index (κ1) is 20.2. The maximum Gasteiger partial charge on any atom is 0.241 e. The Morgan fingerprint density at radius 1 is 1.08 bits per heavy atom. The second kappa shape index (κ2) is 8.07. The van der Waals surface area contributed by atoms with Crippen molar-refractivity contribution in [3.05, 3.63) is 53.6 Å². The maximum atomic E-state index is 12.6. The summed E-state index contributed by atoms with van der Waals surface area (Å²) in [5.74, 6) is 0.489. The van der Waals surface area contributed by atoms with Crippen molar-refractivity contribution in [2.75, 3.05) is 7.11 Å². The van der Waals surface area contributed by atoms with E-state index in [0.717, 1.165) is 5.56 Å². The van der Waals surface area contributed by atoms with E-state index in [-0.39, 0.29) is 10.6 Å². The van der Waals surface area contributed by atoms with Gasteiger partial charge in [0, 0.05) is 18.6 Å². The van der Waals surface area contributed by atoms with Gasteiger partial charge in [-0.25, -0.2) is 13.1 Å². The van der Waals surface area contributed by atoms with Crippen LogP contribution >= 0.6 is 0 Å². The predicted octanol–water partition coefficient (Wildman–Crippen LogP) is 2.77. The van der Waals surface area contributed by atoms with Crippen LogP contribution in [0.25, 0.3) is 0 Å². The Bertz CT molecular complexity index is 858. The third kappa shape index (κ3) is 5.45. The van der Waals surface area contributed by atoms with Crippen LogP contribution in [0, 0.1) is 0 Å². The Labute approximate surface area is 155 Å². The summed E-state index contributed by atoms with van der Waals surface area (Å²) in [5, 5.41) is 13.0. The number of benzene rings is 2. The zero-order valence-electron chi connectivity index (χ0n) is 15.5. The van der Waals surface area contributed by atoms with Gasteiger partial charge in [-0.05, 0) is 50.1 Å². The van der Waals surface area contributed by atoms with E-state index in [0.29, 0.717) is 24.4 Å². The number of sulfonamides is 1. The summed E-state index contributed by atoms with van der Waals surface area (Å²) in [6.45, 7) is 6.29. The Hall–Kier alpha value is -2.09. The van der Waals surface area contributed by atoms with E-state index < -0.39 is 15.6 Å². The summed E-state index contributed by atoms with van der Waals surface area (Å²) in [4.78, 5) is 0.264. The number of phenols is 1. The third-order valence-electron chi connectivity index (χ3n) is 3.59. The van der Waals surface area contributed by atoms with Crippen molar-refractivity contribution in [3.8, 4) is 11.5 Å². The van der Waals surface area contributed by atoms with Crippen LogP contribution in [0.15, 0.2) is 47.4 Å². The SMILES string of the molecule is COc1ccc(CNCc2ccccc2S(=O)(=O)NC(C)(C)C)cc1O. The van der Waals surface area contributed by atoms with Crippen molar-refractivity contribution in [1.29, 1.82) is 0 Å². The van der Waals surface area contributed by atoms with Gasteiger partial charge < -0.3 is 15.2 Å². The highest BCUT2D eigenvalue weighted by Crippen LogP contribution is 2.26. The fourth-order valence-corrected chi connectivity index (χ4v) is 4.22. The molecule has 2 aromatic carbocycles. The van der Waals surface area contributed by atoms with E-state index in [1.807, 2.05) is 32.9 Å². The van der Waals surface area contributed by atoms with Crippen LogP contribution in [0.3, 0.4) is 0 Å². The second-order valence-electron chi connectivity index (χ2n) is 7.07. The molecule has 0 saturated heterocycles. The number of nitrogens with one attached hydrogen (secondary N) is 2. The molecule has 0 spiro atoms. The summed E-state index contributed by atoms with van der Waals surface area (Å²) in [5.41, 5.74) is 0.999. The van der Waals surface area contributed by atoms with Gasteiger partial charge in [-0.1, -0.05) is 24.3 Å². The van der Waals surface area contributed by atoms with Crippen molar-refractivity contribution in [2.24, 2.45) is 0 Å². The lowest BCUT2D eigenvalue weighted by atomic mass is 10.1. The fourth-order valence-electron chi connectivity index (χ4n) is 2.56. The molecule has 0 saturated carbocycles. The molecule has 0 atom stereocenters. The first-order chi connectivity index (χ1) is 12.1. The molecular formula is C19H26N2O4S. The summed E-state index contributed by atoms with van der Waals surface area (Å²) < 4.78 is 33.0. The number of methoxy groups -OCH3 is 1. The van der Waals surface area contributed by atoms with Crippen molar-refractivity contribution in [1.82, 2.24) is 10.0 Å². The number of aromatic hydroxyl groups is 1. The fraction of sp³-hybridized carbons (Fsp3) is 0.368. The molecule has 2 aromatic rings. The van der Waals surface area contributed by atoms with E-state index in [1.54, 1.807) is 30.3 Å². The van der Waals surface area contributed by atoms with Crippen LogP contribution in [-0.4, -0.2) is 26.2 Å². The van der Waals surface area contributed by atoms with Gasteiger partial charge in [-0.2, -0.15) is 0 Å². The number of rotatable bonds is 7. The number of hydrogen-bond donors (Lipinski definition) is 3. The minimum absolute atomic E-state index is 0.0733. The number of hydrogen-bond acceptors (Lipinski definition) is 5. The molecule has 26 heavy (non-hydrogen) atoms. The smallest absolute Gasteiger partial charge is 0.241 e. The van der Waals surface area contributed by atoms with Crippen LogP contribution in [0.1, 0.15) is 31.9 Å². The Morgan fingerprint density at radius 2 is 1.77 bits per heavy atom. The summed E-state index contributed by atoms with van der Waals surface area (Å²) in [7, 11) is -2.11. The van der Waals surface area contributed by atoms with Crippen molar-refractivity contribution >= 4 is 10.0 Å². The molecule has 0 amide bonds. The minimum Gasteiger partial charge on any atom is -0.504 e. The van der Waals surface area contributed by atoms with E-state index in [4.69, 9.17) is 4.74 Å². The van der Waals surface area contributed by atoms with Gasteiger partial charge in [0.05, 0.1) is 12.0 Å². The standard InChI is InChI=1S/C19H26N2O4S/c1-19(2,3)21-26(23,24)18-8-6-5-7-15(18)13-20-12-14-9-10-17(25-4)16(22)11-14/h5-11,20-22H,12-13H2,1-4H3. The van der Waals surface area contributed by atoms with E-state index in [1.165, 1.54) is 7.11 Å². The molecule has 0 fully saturated rings. The van der Waals surface area contributed by atoms with Gasteiger partial charge in [-0.15, -0.1) is 0 Å². The highest BCUT2D eigenvalue weighted by molar-refractivity contribution is 7.89. The molecule has 0 aliphatic rings. The van der Waals surface area contributed by atoms with E-state index >= 15 is 0 Å². The Kier molecular flexibility index (Phi) is 6.28. The topological polar surface area (TPSA) is 87.7 Å². The highest BCUT2D eigenvalue weighted by atomic mass is 32.2. The van der Waals surface area contributed by atoms with Crippen molar-refractivity contribution < 1.29 is 18.3 Å². The lowest BCUT2D eigenvalue weighted by Crippen LogP contribution is -2.40. The average molecular weight is 378 g/mol. The largest absolute Gasteiger partial charge is 0.504 e. The normalized spacial score (nSPS) is 12.2. The molecule has 6 nitrogen and oxygen atoms in total. The Morgan fingerprint density at radius 3 is 2.38 bits per heavy atom. The summed E-state index contributed by atoms with van der Waals surface area (Å²) >= 11 is 0. The van der Waals surface area contributed by atoms with Gasteiger partial charge in [0.2, 0.25) is 10.0 Å². The molecule has 0 unspecified atom stereocenters. The first-order valence-electron chi connectivity index (χ1n) is 8.31. The first-order valence-corrected chi connectivity index (χ1v) is 9.79. The lowest BCUT2D eigenvalue weighted by Gasteiger charge is -2.21. The van der Waals surface area contributed by atoms with Crippen LogP contribution in [0.2, 0.25) is 0 Å². The van der Waals surface area contributed by atoms with Gasteiger partial charge in [0.1, 0.15) is 0 Å². The van der Waals surface area contributed by atoms with Crippen LogP contribution in [0.4, 0.5) is 0 Å². The van der Waals surface area contributed by atoms with E-state index in [2.05, 4.69) is 10.0 Å². The minimum atomic E-state index is -3.61. The summed E-state index contributed by atoms with van der Waals surface area (Å²) in [6, 6.07) is 12.1. The molecule has 0 radical (unpaired) electrons. The molecule has 0 heterocycles. The molecule has 0 bridgehead atoms. The quantitative estimate of drug-likeness (QED) is 0.690. The molecule has 0 aliphatic carbocycles. The second-order valence-corrected chi connectivity index (χ2v) is 8.72. The zero-order valence-corrected chi connectivity index (χ0v) is 16.4. The molecule has 7 heteroatoms. The molecule has 2 rings (SSSR count). The molecular weight excluding hydrogens is 352 g/mol.